The van der Waals surface area contributed by atoms with Crippen LogP contribution in [0.4, 0.5) is 0 Å². The second-order valence-corrected chi connectivity index (χ2v) is 6.53. The van der Waals surface area contributed by atoms with Gasteiger partial charge in [-0.2, -0.15) is 8.42 Å². The molecule has 0 aliphatic carbocycles. The normalized spacial score (nSPS) is 18.4. The van der Waals surface area contributed by atoms with Gasteiger partial charge in [0.15, 0.2) is 0 Å². The maximum absolute atomic E-state index is 10.5. The molecule has 0 bridgehead atoms. The van der Waals surface area contributed by atoms with Crippen LogP contribution in [0.25, 0.3) is 0 Å². The molecule has 0 aromatic heterocycles. The molecule has 5 heteroatoms. The molecular formula is C12H25NO3S. The number of hydrogen-bond acceptors (Lipinski definition) is 3. The van der Waals surface area contributed by atoms with E-state index >= 15 is 0 Å². The average Bonchev–Trinajstić information content (AvgIpc) is 2.28. The van der Waals surface area contributed by atoms with Gasteiger partial charge in [0.05, 0.1) is 5.75 Å². The van der Waals surface area contributed by atoms with Crippen molar-refractivity contribution in [2.24, 2.45) is 0 Å². The van der Waals surface area contributed by atoms with Gasteiger partial charge < -0.3 is 4.90 Å². The summed E-state index contributed by atoms with van der Waals surface area (Å²) in [6.07, 6.45) is 9.01. The van der Waals surface area contributed by atoms with E-state index in [0.717, 1.165) is 12.8 Å². The minimum atomic E-state index is -3.74. The second-order valence-electron chi connectivity index (χ2n) is 4.96. The van der Waals surface area contributed by atoms with Crippen molar-refractivity contribution in [3.05, 3.63) is 0 Å². The molecule has 1 rings (SSSR count). The van der Waals surface area contributed by atoms with E-state index in [4.69, 9.17) is 4.55 Å². The molecule has 4 nitrogen and oxygen atoms in total. The molecule has 0 radical (unpaired) electrons. The van der Waals surface area contributed by atoms with E-state index in [1.54, 1.807) is 0 Å². The smallest absolute Gasteiger partial charge is 0.264 e. The van der Waals surface area contributed by atoms with Crippen LogP contribution < -0.4 is 0 Å². The van der Waals surface area contributed by atoms with Crippen molar-refractivity contribution in [2.75, 3.05) is 25.4 Å². The molecule has 17 heavy (non-hydrogen) atoms. The lowest BCUT2D eigenvalue weighted by Gasteiger charge is -2.26. The van der Waals surface area contributed by atoms with Gasteiger partial charge in [-0.1, -0.05) is 25.7 Å². The van der Waals surface area contributed by atoms with Crippen LogP contribution in [-0.4, -0.2) is 43.3 Å². The Morgan fingerprint density at radius 3 is 2.12 bits per heavy atom. The number of likely N-dealkylation sites (tertiary alicyclic amines) is 1. The number of rotatable bonds is 8. The largest absolute Gasteiger partial charge is 0.303 e. The summed E-state index contributed by atoms with van der Waals surface area (Å²) >= 11 is 0. The van der Waals surface area contributed by atoms with E-state index in [0.29, 0.717) is 6.42 Å². The highest BCUT2D eigenvalue weighted by molar-refractivity contribution is 7.85. The second kappa shape index (κ2) is 8.06. The van der Waals surface area contributed by atoms with Crippen molar-refractivity contribution in [3.8, 4) is 0 Å². The van der Waals surface area contributed by atoms with Gasteiger partial charge in [-0.25, -0.2) is 0 Å². The molecule has 1 fully saturated rings. The Balaban J connectivity index is 1.87. The average molecular weight is 263 g/mol. The zero-order valence-corrected chi connectivity index (χ0v) is 11.4. The van der Waals surface area contributed by atoms with E-state index in [-0.39, 0.29) is 5.75 Å². The van der Waals surface area contributed by atoms with Crippen LogP contribution in [0.3, 0.4) is 0 Å². The van der Waals surface area contributed by atoms with E-state index < -0.39 is 10.1 Å². The summed E-state index contributed by atoms with van der Waals surface area (Å²) in [5, 5.41) is 0. The van der Waals surface area contributed by atoms with Gasteiger partial charge in [-0.15, -0.1) is 0 Å². The molecule has 0 aromatic rings. The molecule has 0 saturated carbocycles. The highest BCUT2D eigenvalue weighted by Crippen LogP contribution is 2.11. The minimum absolute atomic E-state index is 0.0842. The molecule has 0 aromatic carbocycles. The van der Waals surface area contributed by atoms with Gasteiger partial charge >= 0.3 is 0 Å². The first-order chi connectivity index (χ1) is 8.08. The number of hydrogen-bond donors (Lipinski definition) is 1. The Morgan fingerprint density at radius 2 is 1.47 bits per heavy atom. The molecule has 1 N–H and O–H groups in total. The molecular weight excluding hydrogens is 238 g/mol. The third kappa shape index (κ3) is 8.57. The fourth-order valence-corrected chi connectivity index (χ4v) is 2.90. The Kier molecular flexibility index (Phi) is 7.08. The summed E-state index contributed by atoms with van der Waals surface area (Å²) in [5.74, 6) is -0.0842. The lowest BCUT2D eigenvalue weighted by atomic mass is 10.1. The Hall–Kier alpha value is -0.130. The molecule has 0 unspecified atom stereocenters. The highest BCUT2D eigenvalue weighted by atomic mass is 32.2. The Labute approximate surface area is 105 Å². The summed E-state index contributed by atoms with van der Waals surface area (Å²) in [6, 6.07) is 0. The standard InChI is InChI=1S/C12H25NO3S/c14-17(15,16)12-8-3-1-2-5-9-13-10-6-4-7-11-13/h1-12H2,(H,14,15,16). The summed E-state index contributed by atoms with van der Waals surface area (Å²) < 4.78 is 29.5. The zero-order valence-electron chi connectivity index (χ0n) is 10.6. The van der Waals surface area contributed by atoms with Crippen molar-refractivity contribution >= 4 is 10.1 Å². The maximum atomic E-state index is 10.5. The first-order valence-electron chi connectivity index (χ1n) is 6.75. The van der Waals surface area contributed by atoms with E-state index in [2.05, 4.69) is 4.90 Å². The lowest BCUT2D eigenvalue weighted by Crippen LogP contribution is -2.30. The maximum Gasteiger partial charge on any atom is 0.264 e. The van der Waals surface area contributed by atoms with Crippen LogP contribution in [0.5, 0.6) is 0 Å². The number of piperidine rings is 1. The van der Waals surface area contributed by atoms with Crippen LogP contribution in [0, 0.1) is 0 Å². The van der Waals surface area contributed by atoms with Crippen LogP contribution in [-0.2, 0) is 10.1 Å². The molecule has 0 atom stereocenters. The molecule has 0 spiro atoms. The van der Waals surface area contributed by atoms with Gasteiger partial charge in [0.1, 0.15) is 0 Å². The van der Waals surface area contributed by atoms with E-state index in [9.17, 15) is 8.42 Å². The fraction of sp³-hybridized carbons (Fsp3) is 1.00. The van der Waals surface area contributed by atoms with E-state index in [1.165, 1.54) is 51.7 Å². The highest BCUT2D eigenvalue weighted by Gasteiger charge is 2.08. The monoisotopic (exact) mass is 263 g/mol. The Morgan fingerprint density at radius 1 is 0.882 bits per heavy atom. The van der Waals surface area contributed by atoms with Gasteiger partial charge in [-0.05, 0) is 45.3 Å². The molecule has 102 valence electrons. The Bertz CT molecular complexity index is 284. The van der Waals surface area contributed by atoms with E-state index in [1.807, 2.05) is 0 Å². The first-order valence-corrected chi connectivity index (χ1v) is 8.36. The molecule has 0 amide bonds. The molecule has 1 aliphatic rings. The third-order valence-electron chi connectivity index (χ3n) is 3.33. The molecule has 1 saturated heterocycles. The van der Waals surface area contributed by atoms with Crippen molar-refractivity contribution in [2.45, 2.75) is 51.4 Å². The number of nitrogens with zero attached hydrogens (tertiary/aromatic N) is 1. The van der Waals surface area contributed by atoms with Crippen molar-refractivity contribution < 1.29 is 13.0 Å². The van der Waals surface area contributed by atoms with Gasteiger partial charge in [0, 0.05) is 0 Å². The summed E-state index contributed by atoms with van der Waals surface area (Å²) in [4.78, 5) is 2.53. The van der Waals surface area contributed by atoms with Crippen LogP contribution in [0.15, 0.2) is 0 Å². The fourth-order valence-electron chi connectivity index (χ4n) is 2.33. The minimum Gasteiger partial charge on any atom is -0.303 e. The van der Waals surface area contributed by atoms with Gasteiger partial charge in [-0.3, -0.25) is 4.55 Å². The van der Waals surface area contributed by atoms with Gasteiger partial charge in [0.2, 0.25) is 0 Å². The van der Waals surface area contributed by atoms with Crippen LogP contribution >= 0.6 is 0 Å². The lowest BCUT2D eigenvalue weighted by molar-refractivity contribution is 0.224. The van der Waals surface area contributed by atoms with Crippen molar-refractivity contribution in [1.82, 2.24) is 4.90 Å². The summed E-state index contributed by atoms with van der Waals surface area (Å²) in [5.41, 5.74) is 0. The van der Waals surface area contributed by atoms with Gasteiger partial charge in [0.25, 0.3) is 10.1 Å². The third-order valence-corrected chi connectivity index (χ3v) is 4.13. The quantitative estimate of drug-likeness (QED) is 0.539. The number of unbranched alkanes of at least 4 members (excludes halogenated alkanes) is 4. The topological polar surface area (TPSA) is 57.6 Å². The van der Waals surface area contributed by atoms with Crippen LogP contribution in [0.1, 0.15) is 51.4 Å². The predicted octanol–water partition coefficient (Wildman–Crippen LogP) is 2.31. The molecule has 1 aliphatic heterocycles. The van der Waals surface area contributed by atoms with Crippen molar-refractivity contribution in [3.63, 3.8) is 0 Å². The summed E-state index contributed by atoms with van der Waals surface area (Å²) in [6.45, 7) is 3.70. The SMILES string of the molecule is O=S(=O)(O)CCCCCCCN1CCCCC1. The van der Waals surface area contributed by atoms with Crippen LogP contribution in [0.2, 0.25) is 0 Å². The van der Waals surface area contributed by atoms with Crippen molar-refractivity contribution in [1.29, 1.82) is 0 Å². The zero-order chi connectivity index (χ0) is 12.6. The predicted molar refractivity (Wildman–Crippen MR) is 69.8 cm³/mol. The first kappa shape index (κ1) is 14.9. The molecule has 1 heterocycles. The summed E-state index contributed by atoms with van der Waals surface area (Å²) in [7, 11) is -3.74.